The molecule has 0 N–H and O–H groups in total. The minimum absolute atomic E-state index is 0.0829. The maximum atomic E-state index is 12.9. The Labute approximate surface area is 188 Å². The third kappa shape index (κ3) is 5.46. The number of ether oxygens (including phenoxy) is 1. The van der Waals surface area contributed by atoms with Gasteiger partial charge in [-0.05, 0) is 42.8 Å². The van der Waals surface area contributed by atoms with Crippen LogP contribution in [0.4, 0.5) is 0 Å². The molecule has 1 aliphatic rings. The van der Waals surface area contributed by atoms with Crippen LogP contribution in [0.1, 0.15) is 27.2 Å². The molecule has 1 saturated heterocycles. The van der Waals surface area contributed by atoms with Crippen molar-refractivity contribution in [1.82, 2.24) is 19.6 Å². The minimum Gasteiger partial charge on any atom is -0.489 e. The van der Waals surface area contributed by atoms with Gasteiger partial charge in [-0.15, -0.1) is 0 Å². The fraction of sp³-hybridized carbons (Fsp3) is 0.333. The molecule has 3 aromatic rings. The SMILES string of the molecule is Cc1nn(C)cc1CN1CCN(C(=O)c2ccc(COc3cccc(Cl)c3)cc2)CC1. The van der Waals surface area contributed by atoms with Gasteiger partial charge in [0, 0.05) is 62.1 Å². The van der Waals surface area contributed by atoms with Crippen LogP contribution in [0.3, 0.4) is 0 Å². The van der Waals surface area contributed by atoms with Crippen LogP contribution in [0.2, 0.25) is 5.02 Å². The molecule has 2 heterocycles. The normalized spacial score (nSPS) is 14.6. The van der Waals surface area contributed by atoms with Crippen molar-refractivity contribution < 1.29 is 9.53 Å². The number of nitrogens with zero attached hydrogens (tertiary/aromatic N) is 4. The average molecular weight is 439 g/mol. The standard InChI is InChI=1S/C24H27ClN4O2/c1-18-21(15-27(2)26-18)16-28-10-12-29(13-11-28)24(30)20-8-6-19(7-9-20)17-31-23-5-3-4-22(25)14-23/h3-9,14-15H,10-13,16-17H2,1-2H3. The zero-order valence-corrected chi connectivity index (χ0v) is 18.7. The van der Waals surface area contributed by atoms with Crippen LogP contribution in [0.15, 0.2) is 54.7 Å². The minimum atomic E-state index is 0.0829. The molecule has 1 fully saturated rings. The molecule has 7 heteroatoms. The molecule has 0 atom stereocenters. The van der Waals surface area contributed by atoms with Gasteiger partial charge in [-0.25, -0.2) is 0 Å². The third-order valence-corrected chi connectivity index (χ3v) is 5.81. The van der Waals surface area contributed by atoms with Crippen molar-refractivity contribution in [3.05, 3.63) is 82.1 Å². The van der Waals surface area contributed by atoms with E-state index in [1.165, 1.54) is 5.56 Å². The van der Waals surface area contributed by atoms with Gasteiger partial charge in [-0.2, -0.15) is 5.10 Å². The quantitative estimate of drug-likeness (QED) is 0.585. The van der Waals surface area contributed by atoms with Crippen molar-refractivity contribution in [3.8, 4) is 5.75 Å². The molecule has 0 saturated carbocycles. The lowest BCUT2D eigenvalue weighted by Crippen LogP contribution is -2.48. The molecule has 0 unspecified atom stereocenters. The maximum Gasteiger partial charge on any atom is 0.253 e. The predicted molar refractivity (Wildman–Crippen MR) is 121 cm³/mol. The van der Waals surface area contributed by atoms with Crippen LogP contribution < -0.4 is 4.74 Å². The summed E-state index contributed by atoms with van der Waals surface area (Å²) in [7, 11) is 1.95. The number of hydrogen-bond donors (Lipinski definition) is 0. The Morgan fingerprint density at radius 1 is 1.10 bits per heavy atom. The van der Waals surface area contributed by atoms with E-state index >= 15 is 0 Å². The Balaban J connectivity index is 1.28. The zero-order valence-electron chi connectivity index (χ0n) is 17.9. The van der Waals surface area contributed by atoms with E-state index in [1.54, 1.807) is 6.07 Å². The number of halogens is 1. The van der Waals surface area contributed by atoms with Gasteiger partial charge in [0.25, 0.3) is 5.91 Å². The molecule has 2 aromatic carbocycles. The Morgan fingerprint density at radius 2 is 1.84 bits per heavy atom. The summed E-state index contributed by atoms with van der Waals surface area (Å²) in [6, 6.07) is 15.0. The second kappa shape index (κ2) is 9.54. The summed E-state index contributed by atoms with van der Waals surface area (Å²) in [4.78, 5) is 17.2. The van der Waals surface area contributed by atoms with Gasteiger partial charge in [-0.1, -0.05) is 29.8 Å². The maximum absolute atomic E-state index is 12.9. The predicted octanol–water partition coefficient (Wildman–Crippen LogP) is 3.92. The molecule has 0 aliphatic carbocycles. The van der Waals surface area contributed by atoms with Crippen LogP contribution in [0.5, 0.6) is 5.75 Å². The van der Waals surface area contributed by atoms with Gasteiger partial charge in [0.15, 0.2) is 0 Å². The van der Waals surface area contributed by atoms with Crippen molar-refractivity contribution in [3.63, 3.8) is 0 Å². The van der Waals surface area contributed by atoms with Crippen molar-refractivity contribution in [2.45, 2.75) is 20.1 Å². The lowest BCUT2D eigenvalue weighted by atomic mass is 10.1. The molecule has 0 radical (unpaired) electrons. The first-order valence-electron chi connectivity index (χ1n) is 10.5. The largest absolute Gasteiger partial charge is 0.489 e. The van der Waals surface area contributed by atoms with Gasteiger partial charge >= 0.3 is 0 Å². The van der Waals surface area contributed by atoms with E-state index in [2.05, 4.69) is 16.2 Å². The number of benzene rings is 2. The van der Waals surface area contributed by atoms with Crippen molar-refractivity contribution in [2.24, 2.45) is 7.05 Å². The smallest absolute Gasteiger partial charge is 0.253 e. The van der Waals surface area contributed by atoms with Gasteiger partial charge < -0.3 is 9.64 Å². The lowest BCUT2D eigenvalue weighted by Gasteiger charge is -2.34. The van der Waals surface area contributed by atoms with E-state index in [-0.39, 0.29) is 5.91 Å². The summed E-state index contributed by atoms with van der Waals surface area (Å²) in [5.74, 6) is 0.812. The molecule has 162 valence electrons. The number of amides is 1. The van der Waals surface area contributed by atoms with Crippen LogP contribution in [-0.4, -0.2) is 51.7 Å². The summed E-state index contributed by atoms with van der Waals surface area (Å²) in [6.07, 6.45) is 2.07. The van der Waals surface area contributed by atoms with Gasteiger partial charge in [0.1, 0.15) is 12.4 Å². The Morgan fingerprint density at radius 3 is 2.48 bits per heavy atom. The Hall–Kier alpha value is -2.83. The van der Waals surface area contributed by atoms with Crippen molar-refractivity contribution >= 4 is 17.5 Å². The molecule has 1 aliphatic heterocycles. The van der Waals surface area contributed by atoms with Crippen LogP contribution >= 0.6 is 11.6 Å². The van der Waals surface area contributed by atoms with Crippen LogP contribution in [0, 0.1) is 6.92 Å². The number of hydrogen-bond acceptors (Lipinski definition) is 4. The number of piperazine rings is 1. The first-order chi connectivity index (χ1) is 15.0. The highest BCUT2D eigenvalue weighted by Crippen LogP contribution is 2.19. The van der Waals surface area contributed by atoms with Crippen LogP contribution in [0.25, 0.3) is 0 Å². The topological polar surface area (TPSA) is 50.6 Å². The van der Waals surface area contributed by atoms with E-state index in [9.17, 15) is 4.79 Å². The zero-order chi connectivity index (χ0) is 21.8. The number of rotatable bonds is 6. The molecule has 1 amide bonds. The van der Waals surface area contributed by atoms with E-state index in [1.807, 2.05) is 66.0 Å². The third-order valence-electron chi connectivity index (χ3n) is 5.57. The summed E-state index contributed by atoms with van der Waals surface area (Å²) in [5.41, 5.74) is 4.04. The fourth-order valence-corrected chi connectivity index (χ4v) is 3.98. The number of carbonyl (C=O) groups excluding carboxylic acids is 1. The molecule has 6 nitrogen and oxygen atoms in total. The molecule has 31 heavy (non-hydrogen) atoms. The van der Waals surface area contributed by atoms with Crippen molar-refractivity contribution in [2.75, 3.05) is 26.2 Å². The summed E-state index contributed by atoms with van der Waals surface area (Å²) in [6.45, 7) is 6.55. The van der Waals surface area contributed by atoms with E-state index in [0.29, 0.717) is 17.2 Å². The summed E-state index contributed by atoms with van der Waals surface area (Å²) in [5, 5.41) is 5.06. The lowest BCUT2D eigenvalue weighted by molar-refractivity contribution is 0.0628. The molecular weight excluding hydrogens is 412 g/mol. The Kier molecular flexibility index (Phi) is 6.59. The molecule has 0 spiro atoms. The highest BCUT2D eigenvalue weighted by atomic mass is 35.5. The molecule has 0 bridgehead atoms. The molecule has 4 rings (SSSR count). The monoisotopic (exact) mass is 438 g/mol. The van der Waals surface area contributed by atoms with Crippen LogP contribution in [-0.2, 0) is 20.2 Å². The van der Waals surface area contributed by atoms with Gasteiger partial charge in [0.2, 0.25) is 0 Å². The highest BCUT2D eigenvalue weighted by molar-refractivity contribution is 6.30. The van der Waals surface area contributed by atoms with E-state index in [0.717, 1.165) is 49.7 Å². The van der Waals surface area contributed by atoms with Crippen molar-refractivity contribution in [1.29, 1.82) is 0 Å². The molecule has 1 aromatic heterocycles. The number of carbonyl (C=O) groups is 1. The summed E-state index contributed by atoms with van der Waals surface area (Å²) >= 11 is 5.98. The first kappa shape index (κ1) is 21.4. The Bertz CT molecular complexity index is 1040. The van der Waals surface area contributed by atoms with Gasteiger partial charge in [0.05, 0.1) is 5.69 Å². The van der Waals surface area contributed by atoms with E-state index < -0.39 is 0 Å². The van der Waals surface area contributed by atoms with Gasteiger partial charge in [-0.3, -0.25) is 14.4 Å². The average Bonchev–Trinajstić information content (AvgIpc) is 3.09. The second-order valence-corrected chi connectivity index (χ2v) is 8.36. The second-order valence-electron chi connectivity index (χ2n) is 7.92. The first-order valence-corrected chi connectivity index (χ1v) is 10.8. The molecular formula is C24H27ClN4O2. The van der Waals surface area contributed by atoms with E-state index in [4.69, 9.17) is 16.3 Å². The fourth-order valence-electron chi connectivity index (χ4n) is 3.80. The number of aromatic nitrogens is 2. The summed E-state index contributed by atoms with van der Waals surface area (Å²) < 4.78 is 7.62. The number of aryl methyl sites for hydroxylation is 2. The highest BCUT2D eigenvalue weighted by Gasteiger charge is 2.22.